The van der Waals surface area contributed by atoms with Crippen LogP contribution in [0.2, 0.25) is 0 Å². The van der Waals surface area contributed by atoms with E-state index in [1.54, 1.807) is 13.8 Å². The molecule has 1 saturated heterocycles. The second-order valence-electron chi connectivity index (χ2n) is 8.89. The van der Waals surface area contributed by atoms with E-state index in [4.69, 9.17) is 9.47 Å². The van der Waals surface area contributed by atoms with Crippen molar-refractivity contribution in [2.75, 3.05) is 6.61 Å². The van der Waals surface area contributed by atoms with E-state index in [1.807, 2.05) is 26.8 Å². The van der Waals surface area contributed by atoms with Gasteiger partial charge in [-0.1, -0.05) is 37.7 Å². The minimum absolute atomic E-state index is 0.243. The normalized spacial score (nSPS) is 19.6. The molecular formula is C23H39NO4. The average molecular weight is 394 g/mol. The Kier molecular flexibility index (Phi) is 10.1. The number of hydrogen-bond donors (Lipinski definition) is 1. The SMILES string of the molecule is C=CCCCCCCCCC#C[C@@H](O)[C@@H]1COC(C)(C)N1C(=O)OC(C)(C)C. The monoisotopic (exact) mass is 393 g/mol. The van der Waals surface area contributed by atoms with E-state index in [2.05, 4.69) is 18.4 Å². The van der Waals surface area contributed by atoms with Gasteiger partial charge < -0.3 is 14.6 Å². The molecule has 0 saturated carbocycles. The Morgan fingerprint density at radius 2 is 1.89 bits per heavy atom. The van der Waals surface area contributed by atoms with Crippen LogP contribution in [0.1, 0.15) is 86.0 Å². The minimum Gasteiger partial charge on any atom is -0.444 e. The van der Waals surface area contributed by atoms with Gasteiger partial charge in [0, 0.05) is 6.42 Å². The summed E-state index contributed by atoms with van der Waals surface area (Å²) in [5.41, 5.74) is -1.44. The zero-order valence-electron chi connectivity index (χ0n) is 18.4. The minimum atomic E-state index is -0.951. The predicted molar refractivity (Wildman–Crippen MR) is 113 cm³/mol. The van der Waals surface area contributed by atoms with Gasteiger partial charge >= 0.3 is 6.09 Å². The molecule has 1 N–H and O–H groups in total. The van der Waals surface area contributed by atoms with Gasteiger partial charge in [0.05, 0.1) is 12.6 Å². The van der Waals surface area contributed by atoms with Gasteiger partial charge in [0.25, 0.3) is 0 Å². The van der Waals surface area contributed by atoms with Crippen molar-refractivity contribution in [3.05, 3.63) is 12.7 Å². The lowest BCUT2D eigenvalue weighted by Crippen LogP contribution is -2.53. The molecular weight excluding hydrogens is 354 g/mol. The lowest BCUT2D eigenvalue weighted by molar-refractivity contribution is -0.0658. The van der Waals surface area contributed by atoms with Gasteiger partial charge in [0.1, 0.15) is 17.4 Å². The lowest BCUT2D eigenvalue weighted by Gasteiger charge is -2.35. The van der Waals surface area contributed by atoms with Crippen LogP contribution in [0.5, 0.6) is 0 Å². The second-order valence-corrected chi connectivity index (χ2v) is 8.89. The Morgan fingerprint density at radius 3 is 2.50 bits per heavy atom. The fourth-order valence-corrected chi connectivity index (χ4v) is 3.21. The maximum Gasteiger partial charge on any atom is 0.413 e. The largest absolute Gasteiger partial charge is 0.444 e. The van der Waals surface area contributed by atoms with E-state index in [0.29, 0.717) is 0 Å². The van der Waals surface area contributed by atoms with Crippen molar-refractivity contribution in [2.45, 2.75) is 109 Å². The fraction of sp³-hybridized carbons (Fsp3) is 0.783. The summed E-state index contributed by atoms with van der Waals surface area (Å²) in [6.45, 7) is 13.0. The van der Waals surface area contributed by atoms with Crippen LogP contribution >= 0.6 is 0 Å². The van der Waals surface area contributed by atoms with Gasteiger partial charge in [-0.15, -0.1) is 12.5 Å². The Balaban J connectivity index is 2.46. The molecule has 0 aromatic rings. The number of carbonyl (C=O) groups excluding carboxylic acids is 1. The molecule has 0 aliphatic carbocycles. The summed E-state index contributed by atoms with van der Waals surface area (Å²) in [6.07, 6.45) is 9.54. The smallest absolute Gasteiger partial charge is 0.413 e. The highest BCUT2D eigenvalue weighted by atomic mass is 16.6. The highest BCUT2D eigenvalue weighted by Gasteiger charge is 2.48. The molecule has 160 valence electrons. The van der Waals surface area contributed by atoms with Crippen molar-refractivity contribution >= 4 is 6.09 Å². The van der Waals surface area contributed by atoms with Gasteiger partial charge in [-0.05, 0) is 53.9 Å². The van der Waals surface area contributed by atoms with Gasteiger partial charge in [-0.2, -0.15) is 0 Å². The van der Waals surface area contributed by atoms with Crippen LogP contribution in [0, 0.1) is 11.8 Å². The number of nitrogens with zero attached hydrogens (tertiary/aromatic N) is 1. The maximum atomic E-state index is 12.6. The van der Waals surface area contributed by atoms with E-state index in [-0.39, 0.29) is 6.61 Å². The highest BCUT2D eigenvalue weighted by molar-refractivity contribution is 5.70. The number of unbranched alkanes of at least 4 members (excludes halogenated alkanes) is 7. The summed E-state index contributed by atoms with van der Waals surface area (Å²) in [7, 11) is 0. The van der Waals surface area contributed by atoms with Crippen molar-refractivity contribution in [3.8, 4) is 11.8 Å². The average Bonchev–Trinajstić information content (AvgIpc) is 2.90. The molecule has 1 heterocycles. The molecule has 1 rings (SSSR count). The Morgan fingerprint density at radius 1 is 1.29 bits per heavy atom. The molecule has 0 radical (unpaired) electrons. The van der Waals surface area contributed by atoms with E-state index >= 15 is 0 Å². The maximum absolute atomic E-state index is 12.6. The van der Waals surface area contributed by atoms with Gasteiger partial charge in [0.15, 0.2) is 0 Å². The molecule has 5 heteroatoms. The Labute approximate surface area is 171 Å². The first-order valence-electron chi connectivity index (χ1n) is 10.5. The molecule has 1 aliphatic rings. The lowest BCUT2D eigenvalue weighted by atomic mass is 10.1. The van der Waals surface area contributed by atoms with Crippen LogP contribution in [0.25, 0.3) is 0 Å². The first-order chi connectivity index (χ1) is 13.1. The summed E-state index contributed by atoms with van der Waals surface area (Å²) < 4.78 is 11.2. The summed E-state index contributed by atoms with van der Waals surface area (Å²) >= 11 is 0. The second kappa shape index (κ2) is 11.5. The van der Waals surface area contributed by atoms with Gasteiger partial charge in [0.2, 0.25) is 0 Å². The summed E-state index contributed by atoms with van der Waals surface area (Å²) in [6, 6.07) is -0.526. The molecule has 0 aromatic carbocycles. The van der Waals surface area contributed by atoms with Crippen molar-refractivity contribution in [2.24, 2.45) is 0 Å². The van der Waals surface area contributed by atoms with Gasteiger partial charge in [-0.3, -0.25) is 4.90 Å². The molecule has 1 fully saturated rings. The van der Waals surface area contributed by atoms with Crippen molar-refractivity contribution in [3.63, 3.8) is 0 Å². The molecule has 1 aliphatic heterocycles. The van der Waals surface area contributed by atoms with Crippen molar-refractivity contribution in [1.29, 1.82) is 0 Å². The first kappa shape index (κ1) is 24.5. The molecule has 0 aromatic heterocycles. The number of aliphatic hydroxyl groups is 1. The number of rotatable bonds is 9. The molecule has 0 bridgehead atoms. The van der Waals surface area contributed by atoms with E-state index in [1.165, 1.54) is 30.6 Å². The van der Waals surface area contributed by atoms with E-state index < -0.39 is 29.6 Å². The number of aliphatic hydroxyl groups excluding tert-OH is 1. The number of amides is 1. The first-order valence-corrected chi connectivity index (χ1v) is 10.5. The van der Waals surface area contributed by atoms with Crippen LogP contribution < -0.4 is 0 Å². The number of ether oxygens (including phenoxy) is 2. The Hall–Kier alpha value is -1.51. The van der Waals surface area contributed by atoms with Crippen LogP contribution in [0.3, 0.4) is 0 Å². The van der Waals surface area contributed by atoms with E-state index in [0.717, 1.165) is 25.7 Å². The quantitative estimate of drug-likeness (QED) is 0.339. The fourth-order valence-electron chi connectivity index (χ4n) is 3.21. The molecule has 5 nitrogen and oxygen atoms in total. The van der Waals surface area contributed by atoms with Crippen molar-refractivity contribution < 1.29 is 19.4 Å². The van der Waals surface area contributed by atoms with Crippen LogP contribution in [0.4, 0.5) is 4.79 Å². The number of hydrogen-bond acceptors (Lipinski definition) is 4. The zero-order chi connectivity index (χ0) is 21.2. The summed E-state index contributed by atoms with van der Waals surface area (Å²) in [5, 5.41) is 10.5. The molecule has 0 unspecified atom stereocenters. The third-order valence-corrected chi connectivity index (χ3v) is 4.68. The number of allylic oxidation sites excluding steroid dienone is 1. The standard InChI is InChI=1S/C23H39NO4/c1-7-8-9-10-11-12-13-14-15-16-17-20(25)19-18-27-23(5,6)24(19)21(26)28-22(2,3)4/h7,19-20,25H,1,8-15,18H2,2-6H3/t19-,20+/m0/s1. The van der Waals surface area contributed by atoms with Crippen LogP contribution in [-0.4, -0.2) is 46.2 Å². The molecule has 2 atom stereocenters. The predicted octanol–water partition coefficient (Wildman–Crippen LogP) is 5.03. The zero-order valence-corrected chi connectivity index (χ0v) is 18.4. The van der Waals surface area contributed by atoms with Crippen LogP contribution in [-0.2, 0) is 9.47 Å². The number of carbonyl (C=O) groups is 1. The van der Waals surface area contributed by atoms with Gasteiger partial charge in [-0.25, -0.2) is 4.79 Å². The van der Waals surface area contributed by atoms with E-state index in [9.17, 15) is 9.90 Å². The molecule has 1 amide bonds. The van der Waals surface area contributed by atoms with Crippen molar-refractivity contribution in [1.82, 2.24) is 4.90 Å². The Bertz CT molecular complexity index is 553. The third kappa shape index (κ3) is 8.67. The summed E-state index contributed by atoms with van der Waals surface area (Å²) in [4.78, 5) is 14.1. The molecule has 28 heavy (non-hydrogen) atoms. The molecule has 0 spiro atoms. The topological polar surface area (TPSA) is 59.0 Å². The third-order valence-electron chi connectivity index (χ3n) is 4.68. The highest BCUT2D eigenvalue weighted by Crippen LogP contribution is 2.30. The summed E-state index contributed by atoms with van der Waals surface area (Å²) in [5.74, 6) is 5.95. The van der Waals surface area contributed by atoms with Crippen LogP contribution in [0.15, 0.2) is 12.7 Å².